The smallest absolute Gasteiger partial charge is 0.244 e. The average molecular weight is 415 g/mol. The lowest BCUT2D eigenvalue weighted by atomic mass is 10.0. The molecule has 0 aliphatic carbocycles. The summed E-state index contributed by atoms with van der Waals surface area (Å²) in [5.41, 5.74) is 4.25. The van der Waals surface area contributed by atoms with E-state index < -0.39 is 0 Å². The number of amides is 2. The van der Waals surface area contributed by atoms with E-state index in [1.165, 1.54) is 12.0 Å². The largest absolute Gasteiger partial charge is 0.495 e. The number of halogens is 1. The quantitative estimate of drug-likeness (QED) is 0.650. The Balaban J connectivity index is 1.66. The number of nitrogens with zero attached hydrogens (tertiary/aromatic N) is 1. The summed E-state index contributed by atoms with van der Waals surface area (Å²) in [5, 5.41) is 4.12. The fourth-order valence-corrected chi connectivity index (χ4v) is 3.27. The third-order valence-corrected chi connectivity index (χ3v) is 5.16. The molecule has 0 spiro atoms. The van der Waals surface area contributed by atoms with Gasteiger partial charge in [0.25, 0.3) is 0 Å². The van der Waals surface area contributed by atoms with Crippen molar-refractivity contribution < 1.29 is 18.7 Å². The topological polar surface area (TPSA) is 71.8 Å². The number of anilines is 1. The van der Waals surface area contributed by atoms with Crippen LogP contribution in [0.5, 0.6) is 5.75 Å². The molecule has 0 aliphatic heterocycles. The Hall–Kier alpha value is -2.99. The van der Waals surface area contributed by atoms with Gasteiger partial charge in [0.2, 0.25) is 11.8 Å². The SMILES string of the molecule is COc1ccc(Cl)cc1NC(=O)CN(C)C(=O)Cc1coc2c(C)c(C)ccc12. The second-order valence-electron chi connectivity index (χ2n) is 6.96. The Bertz CT molecular complexity index is 1070. The number of fused-ring (bicyclic) bond motifs is 1. The van der Waals surface area contributed by atoms with Gasteiger partial charge in [-0.2, -0.15) is 0 Å². The van der Waals surface area contributed by atoms with Crippen molar-refractivity contribution in [1.82, 2.24) is 4.90 Å². The first-order valence-corrected chi connectivity index (χ1v) is 9.51. The van der Waals surface area contributed by atoms with Gasteiger partial charge < -0.3 is 19.4 Å². The van der Waals surface area contributed by atoms with Crippen LogP contribution in [0.2, 0.25) is 5.02 Å². The first-order valence-electron chi connectivity index (χ1n) is 9.13. The van der Waals surface area contributed by atoms with Crippen LogP contribution in [0.1, 0.15) is 16.7 Å². The number of nitrogens with one attached hydrogen (secondary N) is 1. The molecule has 0 aliphatic rings. The van der Waals surface area contributed by atoms with Crippen LogP contribution in [0.3, 0.4) is 0 Å². The number of rotatable bonds is 6. The normalized spacial score (nSPS) is 10.8. The van der Waals surface area contributed by atoms with E-state index in [-0.39, 0.29) is 24.8 Å². The molecule has 3 rings (SSSR count). The molecule has 1 aromatic heterocycles. The summed E-state index contributed by atoms with van der Waals surface area (Å²) >= 11 is 5.98. The van der Waals surface area contributed by atoms with E-state index in [9.17, 15) is 9.59 Å². The number of carbonyl (C=O) groups is 2. The fraction of sp³-hybridized carbons (Fsp3) is 0.273. The summed E-state index contributed by atoms with van der Waals surface area (Å²) in [4.78, 5) is 26.4. The number of hydrogen-bond acceptors (Lipinski definition) is 4. The van der Waals surface area contributed by atoms with Gasteiger partial charge in [-0.15, -0.1) is 0 Å². The maximum atomic E-state index is 12.6. The van der Waals surface area contributed by atoms with Gasteiger partial charge in [0.05, 0.1) is 32.0 Å². The lowest BCUT2D eigenvalue weighted by Crippen LogP contribution is -2.35. The molecule has 7 heteroatoms. The third-order valence-electron chi connectivity index (χ3n) is 4.93. The number of furan rings is 1. The van der Waals surface area contributed by atoms with Crippen LogP contribution in [0.15, 0.2) is 41.0 Å². The molecule has 0 unspecified atom stereocenters. The maximum Gasteiger partial charge on any atom is 0.244 e. The van der Waals surface area contributed by atoms with Crippen molar-refractivity contribution in [1.29, 1.82) is 0 Å². The standard InChI is InChI=1S/C22H23ClN2O4/c1-13-5-7-17-15(12-29-22(17)14(13)2)9-21(27)25(3)11-20(26)24-18-10-16(23)6-8-19(18)28-4/h5-8,10,12H,9,11H2,1-4H3,(H,24,26). The maximum absolute atomic E-state index is 12.6. The Morgan fingerprint density at radius 3 is 2.69 bits per heavy atom. The molecule has 1 N–H and O–H groups in total. The van der Waals surface area contributed by atoms with Gasteiger partial charge in [0, 0.05) is 23.0 Å². The number of hydrogen-bond donors (Lipinski definition) is 1. The van der Waals surface area contributed by atoms with Crippen LogP contribution >= 0.6 is 11.6 Å². The molecule has 29 heavy (non-hydrogen) atoms. The summed E-state index contributed by atoms with van der Waals surface area (Å²) in [6, 6.07) is 8.91. The van der Waals surface area contributed by atoms with Crippen LogP contribution in [0, 0.1) is 13.8 Å². The zero-order chi connectivity index (χ0) is 21.1. The molecule has 0 saturated heterocycles. The number of carbonyl (C=O) groups excluding carboxylic acids is 2. The van der Waals surface area contributed by atoms with Crippen molar-refractivity contribution in [2.45, 2.75) is 20.3 Å². The van der Waals surface area contributed by atoms with Crippen molar-refractivity contribution in [3.05, 3.63) is 58.3 Å². The highest BCUT2D eigenvalue weighted by Gasteiger charge is 2.18. The lowest BCUT2D eigenvalue weighted by molar-refractivity contribution is -0.132. The van der Waals surface area contributed by atoms with E-state index in [2.05, 4.69) is 5.32 Å². The van der Waals surface area contributed by atoms with Crippen LogP contribution in [0.25, 0.3) is 11.0 Å². The lowest BCUT2D eigenvalue weighted by Gasteiger charge is -2.17. The van der Waals surface area contributed by atoms with Gasteiger partial charge in [0.15, 0.2) is 0 Å². The number of benzene rings is 2. The molecule has 1 heterocycles. The minimum Gasteiger partial charge on any atom is -0.495 e. The van der Waals surface area contributed by atoms with Gasteiger partial charge >= 0.3 is 0 Å². The minimum atomic E-state index is -0.343. The van der Waals surface area contributed by atoms with Gasteiger partial charge in [-0.25, -0.2) is 0 Å². The van der Waals surface area contributed by atoms with Crippen LogP contribution in [0.4, 0.5) is 5.69 Å². The van der Waals surface area contributed by atoms with E-state index in [0.717, 1.165) is 27.7 Å². The highest BCUT2D eigenvalue weighted by molar-refractivity contribution is 6.31. The molecule has 0 saturated carbocycles. The molecule has 0 bridgehead atoms. The van der Waals surface area contributed by atoms with Crippen LogP contribution in [-0.4, -0.2) is 37.4 Å². The van der Waals surface area contributed by atoms with Gasteiger partial charge in [0.1, 0.15) is 11.3 Å². The number of ether oxygens (including phenoxy) is 1. The van der Waals surface area contributed by atoms with E-state index >= 15 is 0 Å². The summed E-state index contributed by atoms with van der Waals surface area (Å²) in [5.74, 6) is -0.0312. The number of aryl methyl sites for hydroxylation is 2. The molecule has 152 valence electrons. The Labute approximate surface area is 174 Å². The molecule has 2 amide bonds. The van der Waals surface area contributed by atoms with Crippen molar-refractivity contribution in [3.8, 4) is 5.75 Å². The highest BCUT2D eigenvalue weighted by Crippen LogP contribution is 2.28. The fourth-order valence-electron chi connectivity index (χ4n) is 3.09. The average Bonchev–Trinajstić information content (AvgIpc) is 3.08. The van der Waals surface area contributed by atoms with Gasteiger partial charge in [-0.05, 0) is 43.2 Å². The molecule has 0 fully saturated rings. The first-order chi connectivity index (χ1) is 13.8. The Morgan fingerprint density at radius 2 is 1.97 bits per heavy atom. The summed E-state index contributed by atoms with van der Waals surface area (Å²) in [6.45, 7) is 3.92. The predicted molar refractivity (Wildman–Crippen MR) is 114 cm³/mol. The van der Waals surface area contributed by atoms with Crippen LogP contribution < -0.4 is 10.1 Å². The summed E-state index contributed by atoms with van der Waals surface area (Å²) in [7, 11) is 3.10. The summed E-state index contributed by atoms with van der Waals surface area (Å²) in [6.07, 6.45) is 1.76. The van der Waals surface area contributed by atoms with Crippen molar-refractivity contribution in [2.24, 2.45) is 0 Å². The number of likely N-dealkylation sites (N-methyl/N-ethyl adjacent to an activating group) is 1. The molecular weight excluding hydrogens is 392 g/mol. The highest BCUT2D eigenvalue weighted by atomic mass is 35.5. The monoisotopic (exact) mass is 414 g/mol. The molecule has 2 aromatic carbocycles. The third kappa shape index (κ3) is 4.54. The first kappa shape index (κ1) is 20.7. The van der Waals surface area contributed by atoms with Gasteiger partial charge in [-0.3, -0.25) is 9.59 Å². The van der Waals surface area contributed by atoms with E-state index in [4.69, 9.17) is 20.8 Å². The predicted octanol–water partition coefficient (Wildman–Crippen LogP) is 4.35. The number of methoxy groups -OCH3 is 1. The second kappa shape index (κ2) is 8.57. The Kier molecular flexibility index (Phi) is 6.13. The van der Waals surface area contributed by atoms with Crippen LogP contribution in [-0.2, 0) is 16.0 Å². The van der Waals surface area contributed by atoms with E-state index in [1.54, 1.807) is 31.5 Å². The van der Waals surface area contributed by atoms with Crippen molar-refractivity contribution in [2.75, 3.05) is 26.0 Å². The molecule has 0 atom stereocenters. The van der Waals surface area contributed by atoms with Crippen molar-refractivity contribution in [3.63, 3.8) is 0 Å². The molecule has 0 radical (unpaired) electrons. The zero-order valence-corrected chi connectivity index (χ0v) is 17.6. The zero-order valence-electron chi connectivity index (χ0n) is 16.8. The molecule has 3 aromatic rings. The molecule has 6 nitrogen and oxygen atoms in total. The Morgan fingerprint density at radius 1 is 1.21 bits per heavy atom. The van der Waals surface area contributed by atoms with E-state index in [0.29, 0.717) is 16.5 Å². The van der Waals surface area contributed by atoms with Crippen molar-refractivity contribution >= 4 is 40.1 Å². The second-order valence-corrected chi connectivity index (χ2v) is 7.40. The summed E-state index contributed by atoms with van der Waals surface area (Å²) < 4.78 is 10.9. The molecular formula is C22H23ClN2O4. The van der Waals surface area contributed by atoms with Gasteiger partial charge in [-0.1, -0.05) is 23.7 Å². The van der Waals surface area contributed by atoms with E-state index in [1.807, 2.05) is 26.0 Å². The minimum absolute atomic E-state index is 0.0948.